The minimum Gasteiger partial charge on any atom is -0.310 e. The molecule has 0 radical (unpaired) electrons. The summed E-state index contributed by atoms with van der Waals surface area (Å²) in [4.78, 5) is 4.78. The average Bonchev–Trinajstić information content (AvgIpc) is 3.79. The van der Waals surface area contributed by atoms with Crippen molar-refractivity contribution in [2.45, 2.75) is 38.5 Å². The van der Waals surface area contributed by atoms with Gasteiger partial charge < -0.3 is 9.80 Å². The highest BCUT2D eigenvalue weighted by Gasteiger charge is 2.39. The Labute approximate surface area is 411 Å². The third-order valence-electron chi connectivity index (χ3n) is 15.4. The van der Waals surface area contributed by atoms with E-state index in [2.05, 4.69) is 280 Å². The Morgan fingerprint density at radius 1 is 0.257 bits per heavy atom. The average molecular weight is 897 g/mol. The molecule has 0 spiro atoms. The van der Waals surface area contributed by atoms with Crippen molar-refractivity contribution < 1.29 is 0 Å². The molecule has 2 heteroatoms. The van der Waals surface area contributed by atoms with Gasteiger partial charge in [-0.15, -0.1) is 0 Å². The van der Waals surface area contributed by atoms with Crippen molar-refractivity contribution in [2.75, 3.05) is 9.80 Å². The minimum atomic E-state index is -0.144. The highest BCUT2D eigenvalue weighted by Crippen LogP contribution is 2.55. The third-order valence-corrected chi connectivity index (χ3v) is 15.4. The molecule has 0 heterocycles. The fourth-order valence-corrected chi connectivity index (χ4v) is 12.0. The Bertz CT molecular complexity index is 3540. The summed E-state index contributed by atoms with van der Waals surface area (Å²) >= 11 is 0. The van der Waals surface area contributed by atoms with E-state index in [-0.39, 0.29) is 10.8 Å². The molecule has 0 atom stereocenters. The first-order valence-electron chi connectivity index (χ1n) is 24.6. The monoisotopic (exact) mass is 896 g/mol. The lowest BCUT2D eigenvalue weighted by Gasteiger charge is -2.28. The summed E-state index contributed by atoms with van der Waals surface area (Å²) in [5, 5.41) is 5.26. The van der Waals surface area contributed by atoms with E-state index in [4.69, 9.17) is 0 Å². The van der Waals surface area contributed by atoms with Crippen LogP contribution >= 0.6 is 0 Å². The predicted octanol–water partition coefficient (Wildman–Crippen LogP) is 18.9. The molecule has 2 aliphatic rings. The minimum absolute atomic E-state index is 0.144. The number of hydrogen-bond acceptors (Lipinski definition) is 2. The van der Waals surface area contributed by atoms with E-state index < -0.39 is 0 Å². The maximum absolute atomic E-state index is 2.42. The zero-order valence-corrected chi connectivity index (χ0v) is 40.0. The number of anilines is 6. The van der Waals surface area contributed by atoms with Gasteiger partial charge in [0, 0.05) is 45.0 Å². The molecule has 70 heavy (non-hydrogen) atoms. The van der Waals surface area contributed by atoms with Crippen molar-refractivity contribution in [3.8, 4) is 44.5 Å². The molecule has 2 nitrogen and oxygen atoms in total. The van der Waals surface area contributed by atoms with E-state index in [0.717, 1.165) is 34.1 Å². The fourth-order valence-electron chi connectivity index (χ4n) is 12.0. The lowest BCUT2D eigenvalue weighted by Crippen LogP contribution is -2.17. The summed E-state index contributed by atoms with van der Waals surface area (Å²) in [7, 11) is 0. The van der Waals surface area contributed by atoms with Gasteiger partial charge in [-0.05, 0) is 161 Å². The molecule has 0 bridgehead atoms. The molecule has 0 fully saturated rings. The van der Waals surface area contributed by atoms with Gasteiger partial charge in [0.05, 0.1) is 0 Å². The van der Waals surface area contributed by atoms with Gasteiger partial charge in [-0.2, -0.15) is 0 Å². The number of para-hydroxylation sites is 2. The Morgan fingerprint density at radius 3 is 0.943 bits per heavy atom. The van der Waals surface area contributed by atoms with Crippen molar-refractivity contribution in [3.05, 3.63) is 265 Å². The van der Waals surface area contributed by atoms with Gasteiger partial charge in [-0.3, -0.25) is 0 Å². The molecule has 0 saturated carbocycles. The van der Waals surface area contributed by atoms with Gasteiger partial charge in [0.15, 0.2) is 0 Å². The SMILES string of the molecule is CC1(C)c2cc(N(c3ccccc3)c3ccc(-c4ccc(-c5ccc(N(c6ccccc6)c6ccc7c(c6)C(C)(C)c6c-7ccc7ccccc67)cc5)cc4)cc3)ccc2-c2ccc3ccccc3c21. The van der Waals surface area contributed by atoms with Crippen LogP contribution in [-0.2, 0) is 10.8 Å². The Kier molecular flexibility index (Phi) is 9.58. The van der Waals surface area contributed by atoms with Crippen LogP contribution < -0.4 is 9.80 Å². The maximum atomic E-state index is 2.42. The second-order valence-electron chi connectivity index (χ2n) is 20.1. The summed E-state index contributed by atoms with van der Waals surface area (Å²) in [5.74, 6) is 0. The van der Waals surface area contributed by atoms with Crippen LogP contribution in [0.25, 0.3) is 66.1 Å². The van der Waals surface area contributed by atoms with E-state index in [1.807, 2.05) is 0 Å². The summed E-state index contributed by atoms with van der Waals surface area (Å²) in [6, 6.07) is 89.4. The van der Waals surface area contributed by atoms with E-state index in [9.17, 15) is 0 Å². The second-order valence-corrected chi connectivity index (χ2v) is 20.1. The molecular formula is C68H52N2. The Balaban J connectivity index is 0.781. The number of rotatable bonds is 8. The van der Waals surface area contributed by atoms with Crippen LogP contribution in [-0.4, -0.2) is 0 Å². The van der Waals surface area contributed by atoms with E-state index in [1.54, 1.807) is 0 Å². The van der Waals surface area contributed by atoms with E-state index >= 15 is 0 Å². The summed E-state index contributed by atoms with van der Waals surface area (Å²) in [6.45, 7) is 9.52. The molecule has 334 valence electrons. The zero-order chi connectivity index (χ0) is 47.1. The van der Waals surface area contributed by atoms with Crippen LogP contribution in [0.4, 0.5) is 34.1 Å². The lowest BCUT2D eigenvalue weighted by molar-refractivity contribution is 0.666. The Hall–Kier alpha value is -8.46. The normalized spacial score (nSPS) is 13.7. The third kappa shape index (κ3) is 6.62. The van der Waals surface area contributed by atoms with Crippen LogP contribution in [0.2, 0.25) is 0 Å². The standard InChI is InChI=1S/C68H52N2/c1-67(2)63-43-55(37-41-59(63)61-39-31-49-15-11-13-21-57(49)65(61)67)69(51-17-7-5-8-18-51)53-33-27-47(28-34-53)45-23-25-46(26-24-45)48-29-35-54(36-30-48)70(52-19-9-6-10-20-52)56-38-42-60-62-40-32-50-16-12-14-22-58(50)66(62)68(3,4)64(60)44-56/h5-44H,1-4H3. The van der Waals surface area contributed by atoms with Crippen molar-refractivity contribution in [1.29, 1.82) is 0 Å². The highest BCUT2D eigenvalue weighted by molar-refractivity contribution is 6.00. The molecule has 11 aromatic rings. The van der Waals surface area contributed by atoms with Gasteiger partial charge in [0.25, 0.3) is 0 Å². The van der Waals surface area contributed by atoms with Crippen LogP contribution in [0.1, 0.15) is 49.9 Å². The van der Waals surface area contributed by atoms with Crippen LogP contribution in [0.5, 0.6) is 0 Å². The summed E-state index contributed by atoms with van der Waals surface area (Å²) < 4.78 is 0. The zero-order valence-electron chi connectivity index (χ0n) is 40.0. The van der Waals surface area contributed by atoms with Crippen molar-refractivity contribution in [3.63, 3.8) is 0 Å². The van der Waals surface area contributed by atoms with E-state index in [0.29, 0.717) is 0 Å². The molecule has 0 unspecified atom stereocenters. The van der Waals surface area contributed by atoms with Gasteiger partial charge in [-0.25, -0.2) is 0 Å². The molecule has 0 amide bonds. The first kappa shape index (κ1) is 41.7. The number of hydrogen-bond donors (Lipinski definition) is 0. The maximum Gasteiger partial charge on any atom is 0.0465 e. The van der Waals surface area contributed by atoms with E-state index in [1.165, 1.54) is 88.3 Å². The Morgan fingerprint density at radius 2 is 0.557 bits per heavy atom. The molecule has 11 aromatic carbocycles. The summed E-state index contributed by atoms with van der Waals surface area (Å²) in [6.07, 6.45) is 0. The molecular weight excluding hydrogens is 845 g/mol. The van der Waals surface area contributed by atoms with Crippen molar-refractivity contribution in [2.24, 2.45) is 0 Å². The van der Waals surface area contributed by atoms with Crippen molar-refractivity contribution >= 4 is 55.7 Å². The molecule has 0 N–H and O–H groups in total. The molecule has 0 aromatic heterocycles. The highest BCUT2D eigenvalue weighted by atomic mass is 15.1. The smallest absolute Gasteiger partial charge is 0.0465 e. The topological polar surface area (TPSA) is 6.48 Å². The first-order valence-corrected chi connectivity index (χ1v) is 24.6. The largest absolute Gasteiger partial charge is 0.310 e. The number of benzene rings is 11. The molecule has 13 rings (SSSR count). The quantitative estimate of drug-likeness (QED) is 0.150. The molecule has 0 saturated heterocycles. The van der Waals surface area contributed by atoms with Crippen LogP contribution in [0, 0.1) is 0 Å². The van der Waals surface area contributed by atoms with Gasteiger partial charge in [-0.1, -0.05) is 198 Å². The van der Waals surface area contributed by atoms with Crippen molar-refractivity contribution in [1.82, 2.24) is 0 Å². The molecule has 0 aliphatic heterocycles. The second kappa shape index (κ2) is 16.1. The lowest BCUT2D eigenvalue weighted by atomic mass is 9.80. The predicted molar refractivity (Wildman–Crippen MR) is 297 cm³/mol. The number of fused-ring (bicyclic) bond motifs is 10. The van der Waals surface area contributed by atoms with Gasteiger partial charge in [0.2, 0.25) is 0 Å². The molecule has 2 aliphatic carbocycles. The van der Waals surface area contributed by atoms with Crippen LogP contribution in [0.15, 0.2) is 243 Å². The van der Waals surface area contributed by atoms with Gasteiger partial charge >= 0.3 is 0 Å². The fraction of sp³-hybridized carbons (Fsp3) is 0.0882. The summed E-state index contributed by atoms with van der Waals surface area (Å²) in [5.41, 5.74) is 22.2. The number of nitrogens with zero attached hydrogens (tertiary/aromatic N) is 2. The van der Waals surface area contributed by atoms with Crippen LogP contribution in [0.3, 0.4) is 0 Å². The van der Waals surface area contributed by atoms with Gasteiger partial charge in [0.1, 0.15) is 0 Å². The first-order chi connectivity index (χ1) is 34.2.